The van der Waals surface area contributed by atoms with Crippen molar-refractivity contribution < 1.29 is 24.5 Å². The first-order chi connectivity index (χ1) is 30.0. The molecule has 0 fully saturated rings. The molecule has 3 N–H and O–H groups in total. The van der Waals surface area contributed by atoms with Crippen LogP contribution in [0.1, 0.15) is 303 Å². The zero-order valence-electron chi connectivity index (χ0n) is 41.3. The topological polar surface area (TPSA) is 95.9 Å². The van der Waals surface area contributed by atoms with Crippen LogP contribution >= 0.6 is 0 Å². The number of hydrogen-bond donors (Lipinski definition) is 3. The van der Waals surface area contributed by atoms with Crippen molar-refractivity contribution in [3.8, 4) is 0 Å². The van der Waals surface area contributed by atoms with Crippen molar-refractivity contribution in [1.82, 2.24) is 5.32 Å². The Kier molecular flexibility index (Phi) is 48.5. The summed E-state index contributed by atoms with van der Waals surface area (Å²) in [6, 6.07) is -0.697. The molecule has 0 bridgehead atoms. The Morgan fingerprint density at radius 1 is 0.459 bits per heavy atom. The van der Waals surface area contributed by atoms with Crippen molar-refractivity contribution in [3.05, 3.63) is 12.2 Å². The minimum Gasteiger partial charge on any atom is -0.462 e. The predicted octanol–water partition coefficient (Wildman–Crippen LogP) is 16.5. The normalized spacial score (nSPS) is 13.2. The molecule has 0 saturated carbocycles. The highest BCUT2D eigenvalue weighted by Crippen LogP contribution is 2.19. The van der Waals surface area contributed by atoms with Crippen molar-refractivity contribution in [3.63, 3.8) is 0 Å². The van der Waals surface area contributed by atoms with Gasteiger partial charge in [-0.3, -0.25) is 9.59 Å². The Hall–Kier alpha value is -1.40. The fourth-order valence-corrected chi connectivity index (χ4v) is 8.66. The molecule has 61 heavy (non-hydrogen) atoms. The molecule has 0 aromatic carbocycles. The summed E-state index contributed by atoms with van der Waals surface area (Å²) in [5, 5.41) is 23.8. The molecule has 0 spiro atoms. The number of hydrogen-bond acceptors (Lipinski definition) is 5. The van der Waals surface area contributed by atoms with Gasteiger partial charge in [0.2, 0.25) is 5.91 Å². The van der Waals surface area contributed by atoms with Crippen molar-refractivity contribution in [2.24, 2.45) is 0 Å². The molecule has 0 aromatic heterocycles. The lowest BCUT2D eigenvalue weighted by Gasteiger charge is -2.24. The summed E-state index contributed by atoms with van der Waals surface area (Å²) in [5.41, 5.74) is 0. The number of unbranched alkanes of at least 4 members (excludes halogenated alkanes) is 36. The first-order valence-corrected chi connectivity index (χ1v) is 27.4. The van der Waals surface area contributed by atoms with Gasteiger partial charge in [-0.25, -0.2) is 0 Å². The Labute approximate surface area is 380 Å². The maximum absolute atomic E-state index is 13.2. The van der Waals surface area contributed by atoms with E-state index < -0.39 is 18.2 Å². The lowest BCUT2D eigenvalue weighted by molar-refractivity contribution is -0.151. The molecule has 3 atom stereocenters. The number of carbonyl (C=O) groups excluding carboxylic acids is 2. The van der Waals surface area contributed by atoms with Crippen molar-refractivity contribution >= 4 is 11.9 Å². The van der Waals surface area contributed by atoms with Crippen LogP contribution in [0.25, 0.3) is 0 Å². The minimum atomic E-state index is -0.784. The van der Waals surface area contributed by atoms with Crippen LogP contribution in [0.5, 0.6) is 0 Å². The number of carbonyl (C=O) groups is 2. The summed E-state index contributed by atoms with van der Waals surface area (Å²) in [6.45, 7) is 6.50. The van der Waals surface area contributed by atoms with Crippen LogP contribution in [0.4, 0.5) is 0 Å². The monoisotopic (exact) mass is 862 g/mol. The Morgan fingerprint density at radius 2 is 0.787 bits per heavy atom. The van der Waals surface area contributed by atoms with Gasteiger partial charge in [-0.05, 0) is 51.4 Å². The van der Waals surface area contributed by atoms with Crippen LogP contribution in [-0.4, -0.2) is 46.9 Å². The average molecular weight is 862 g/mol. The first-order valence-electron chi connectivity index (χ1n) is 27.4. The standard InChI is InChI=1S/C55H107NO5/c1-4-7-10-13-16-19-22-25-26-27-28-30-33-36-39-42-45-48-55(60)61-51(46-43-40-37-34-31-29-23-20-17-14-11-8-5-2)49-54(59)56-52(50-57)53(58)47-44-41-38-35-32-24-21-18-15-12-9-6-3/h20,23,51-53,57-58H,4-19,21-22,24-50H2,1-3H3,(H,56,59)/b23-20-. The second-order valence-corrected chi connectivity index (χ2v) is 19.0. The molecule has 362 valence electrons. The maximum Gasteiger partial charge on any atom is 0.306 e. The number of rotatable bonds is 50. The van der Waals surface area contributed by atoms with E-state index >= 15 is 0 Å². The van der Waals surface area contributed by atoms with Gasteiger partial charge < -0.3 is 20.3 Å². The summed E-state index contributed by atoms with van der Waals surface area (Å²) in [5.74, 6) is -0.462. The smallest absolute Gasteiger partial charge is 0.306 e. The van der Waals surface area contributed by atoms with Crippen LogP contribution in [0.2, 0.25) is 0 Å². The predicted molar refractivity (Wildman–Crippen MR) is 264 cm³/mol. The molecule has 0 rings (SSSR count). The van der Waals surface area contributed by atoms with Crippen LogP contribution in [0.15, 0.2) is 12.2 Å². The van der Waals surface area contributed by atoms with Gasteiger partial charge >= 0.3 is 5.97 Å². The summed E-state index contributed by atoms with van der Waals surface area (Å²) >= 11 is 0. The number of allylic oxidation sites excluding steroid dienone is 2. The molecular weight excluding hydrogens is 755 g/mol. The van der Waals surface area contributed by atoms with Crippen LogP contribution < -0.4 is 5.32 Å². The van der Waals surface area contributed by atoms with Crippen LogP contribution in [-0.2, 0) is 14.3 Å². The van der Waals surface area contributed by atoms with Crippen molar-refractivity contribution in [1.29, 1.82) is 0 Å². The first kappa shape index (κ1) is 59.6. The van der Waals surface area contributed by atoms with E-state index in [2.05, 4.69) is 38.2 Å². The fourth-order valence-electron chi connectivity index (χ4n) is 8.66. The van der Waals surface area contributed by atoms with Gasteiger partial charge in [-0.1, -0.05) is 251 Å². The van der Waals surface area contributed by atoms with Gasteiger partial charge in [0, 0.05) is 6.42 Å². The van der Waals surface area contributed by atoms with E-state index in [-0.39, 0.29) is 24.9 Å². The molecule has 0 aliphatic rings. The number of nitrogens with one attached hydrogen (secondary N) is 1. The van der Waals surface area contributed by atoms with E-state index in [1.54, 1.807) is 0 Å². The number of amides is 1. The van der Waals surface area contributed by atoms with Gasteiger partial charge in [-0.15, -0.1) is 0 Å². The summed E-state index contributed by atoms with van der Waals surface area (Å²) in [6.07, 6.45) is 55.6. The van der Waals surface area contributed by atoms with Gasteiger partial charge in [0.25, 0.3) is 0 Å². The third kappa shape index (κ3) is 45.0. The van der Waals surface area contributed by atoms with E-state index in [1.165, 1.54) is 199 Å². The highest BCUT2D eigenvalue weighted by Gasteiger charge is 2.24. The fraction of sp³-hybridized carbons (Fsp3) is 0.927. The highest BCUT2D eigenvalue weighted by atomic mass is 16.5. The Bertz CT molecular complexity index is 924. The van der Waals surface area contributed by atoms with E-state index in [0.717, 1.165) is 57.8 Å². The number of aliphatic hydroxyl groups is 2. The average Bonchev–Trinajstić information content (AvgIpc) is 3.25. The molecule has 6 nitrogen and oxygen atoms in total. The number of ether oxygens (including phenoxy) is 1. The van der Waals surface area contributed by atoms with Crippen molar-refractivity contribution in [2.75, 3.05) is 6.61 Å². The highest BCUT2D eigenvalue weighted by molar-refractivity contribution is 5.77. The van der Waals surface area contributed by atoms with E-state index in [1.807, 2.05) is 0 Å². The zero-order chi connectivity index (χ0) is 44.5. The van der Waals surface area contributed by atoms with Crippen LogP contribution in [0.3, 0.4) is 0 Å². The van der Waals surface area contributed by atoms with Gasteiger partial charge in [0.1, 0.15) is 6.10 Å². The van der Waals surface area contributed by atoms with Gasteiger partial charge in [0.05, 0.1) is 25.2 Å². The SMILES string of the molecule is CCCCCC/C=C\CCCCCCCC(CC(=O)NC(CO)C(O)CCCCCCCCCCCCCC)OC(=O)CCCCCCCCCCCCCCCCCCC. The summed E-state index contributed by atoms with van der Waals surface area (Å²) < 4.78 is 5.95. The van der Waals surface area contributed by atoms with E-state index in [9.17, 15) is 19.8 Å². The maximum atomic E-state index is 13.2. The Balaban J connectivity index is 4.50. The molecule has 0 aliphatic carbocycles. The molecule has 1 amide bonds. The van der Waals surface area contributed by atoms with Gasteiger partial charge in [-0.2, -0.15) is 0 Å². The molecule has 0 heterocycles. The molecule has 3 unspecified atom stereocenters. The second kappa shape index (κ2) is 49.6. The van der Waals surface area contributed by atoms with E-state index in [0.29, 0.717) is 19.3 Å². The summed E-state index contributed by atoms with van der Waals surface area (Å²) in [4.78, 5) is 26.2. The quantitative estimate of drug-likeness (QED) is 0.0322. The zero-order valence-corrected chi connectivity index (χ0v) is 41.3. The van der Waals surface area contributed by atoms with Gasteiger partial charge in [0.15, 0.2) is 0 Å². The molecule has 0 radical (unpaired) electrons. The molecule has 0 saturated heterocycles. The molecule has 0 aliphatic heterocycles. The largest absolute Gasteiger partial charge is 0.462 e. The second-order valence-electron chi connectivity index (χ2n) is 19.0. The third-order valence-corrected chi connectivity index (χ3v) is 12.8. The lowest BCUT2D eigenvalue weighted by atomic mass is 10.0. The molecule has 0 aromatic rings. The van der Waals surface area contributed by atoms with E-state index in [4.69, 9.17) is 4.74 Å². The molecule has 6 heteroatoms. The van der Waals surface area contributed by atoms with Crippen molar-refractivity contribution in [2.45, 2.75) is 322 Å². The lowest BCUT2D eigenvalue weighted by Crippen LogP contribution is -2.46. The summed E-state index contributed by atoms with van der Waals surface area (Å²) in [7, 11) is 0. The Morgan fingerprint density at radius 3 is 1.18 bits per heavy atom. The van der Waals surface area contributed by atoms with Crippen LogP contribution in [0, 0.1) is 0 Å². The molecular formula is C55H107NO5. The number of aliphatic hydroxyl groups excluding tert-OH is 2. The minimum absolute atomic E-state index is 0.0790. The number of esters is 1. The third-order valence-electron chi connectivity index (χ3n) is 12.8.